The van der Waals surface area contributed by atoms with Crippen LogP contribution in [-0.2, 0) is 4.84 Å². The summed E-state index contributed by atoms with van der Waals surface area (Å²) in [5.41, 5.74) is 0.638. The molecule has 72 valence electrons. The topological polar surface area (TPSA) is 21.6 Å². The predicted octanol–water partition coefficient (Wildman–Crippen LogP) is 2.74. The largest absolute Gasteiger partial charge is 0.425 e. The molecule has 0 aromatic carbocycles. The second kappa shape index (κ2) is 5.00. The van der Waals surface area contributed by atoms with E-state index in [-0.39, 0.29) is 0 Å². The van der Waals surface area contributed by atoms with Crippen molar-refractivity contribution in [2.45, 2.75) is 32.9 Å². The van der Waals surface area contributed by atoms with Gasteiger partial charge >= 0.3 is 6.18 Å². The zero-order valence-corrected chi connectivity index (χ0v) is 7.11. The third-order valence-electron chi connectivity index (χ3n) is 1.24. The summed E-state index contributed by atoms with van der Waals surface area (Å²) in [4.78, 5) is 4.10. The first-order valence-electron chi connectivity index (χ1n) is 3.74. The lowest BCUT2D eigenvalue weighted by Gasteiger charge is -2.04. The zero-order chi connectivity index (χ0) is 9.61. The van der Waals surface area contributed by atoms with Crippen LogP contribution in [0.15, 0.2) is 5.16 Å². The highest BCUT2D eigenvalue weighted by atomic mass is 19.4. The van der Waals surface area contributed by atoms with E-state index in [2.05, 4.69) is 9.99 Å². The Bertz CT molecular complexity index is 147. The maximum absolute atomic E-state index is 11.5. The quantitative estimate of drug-likeness (QED) is 0.485. The van der Waals surface area contributed by atoms with Crippen LogP contribution >= 0.6 is 0 Å². The summed E-state index contributed by atoms with van der Waals surface area (Å²) in [6.45, 7) is 2.33. The van der Waals surface area contributed by atoms with Crippen molar-refractivity contribution >= 4 is 5.71 Å². The molecule has 0 fully saturated rings. The van der Waals surface area contributed by atoms with Crippen molar-refractivity contribution in [1.82, 2.24) is 0 Å². The van der Waals surface area contributed by atoms with Crippen molar-refractivity contribution in [3.8, 4) is 0 Å². The Kier molecular flexibility index (Phi) is 4.70. The predicted molar refractivity (Wildman–Crippen MR) is 40.0 cm³/mol. The van der Waals surface area contributed by atoms with Crippen LogP contribution in [0.3, 0.4) is 0 Å². The molecule has 0 aromatic heterocycles. The molecule has 0 atom stereocenters. The van der Waals surface area contributed by atoms with Gasteiger partial charge in [-0.1, -0.05) is 19.0 Å². The molecule has 0 aromatic rings. The number of halogens is 3. The number of rotatable bonds is 4. The molecule has 2 nitrogen and oxygen atoms in total. The first-order valence-corrected chi connectivity index (χ1v) is 3.74. The highest BCUT2D eigenvalue weighted by Gasteiger charge is 2.28. The average molecular weight is 183 g/mol. The van der Waals surface area contributed by atoms with Crippen LogP contribution in [0.2, 0.25) is 0 Å². The van der Waals surface area contributed by atoms with Gasteiger partial charge in [0.2, 0.25) is 6.61 Å². The minimum Gasteiger partial charge on any atom is -0.386 e. The Morgan fingerprint density at radius 3 is 2.08 bits per heavy atom. The van der Waals surface area contributed by atoms with Gasteiger partial charge in [0.15, 0.2) is 0 Å². The molecule has 0 unspecified atom stereocenters. The van der Waals surface area contributed by atoms with Crippen LogP contribution in [0, 0.1) is 0 Å². The summed E-state index contributed by atoms with van der Waals surface area (Å²) >= 11 is 0. The van der Waals surface area contributed by atoms with Gasteiger partial charge in [0.05, 0.1) is 5.71 Å². The Morgan fingerprint density at radius 2 is 1.75 bits per heavy atom. The van der Waals surface area contributed by atoms with Gasteiger partial charge < -0.3 is 4.84 Å². The fourth-order valence-electron chi connectivity index (χ4n) is 0.576. The van der Waals surface area contributed by atoms with Crippen molar-refractivity contribution in [3.63, 3.8) is 0 Å². The van der Waals surface area contributed by atoms with Crippen LogP contribution in [0.5, 0.6) is 0 Å². The molecule has 0 N–H and O–H groups in total. The molecule has 5 heteroatoms. The van der Waals surface area contributed by atoms with E-state index in [9.17, 15) is 13.2 Å². The second-order valence-electron chi connectivity index (χ2n) is 2.25. The normalized spacial score (nSPS) is 11.1. The molecule has 0 bridgehead atoms. The molecule has 0 aliphatic heterocycles. The van der Waals surface area contributed by atoms with Crippen molar-refractivity contribution in [2.75, 3.05) is 6.61 Å². The molecule has 0 spiro atoms. The first kappa shape index (κ1) is 11.3. The maximum Gasteiger partial charge on any atom is 0.425 e. The van der Waals surface area contributed by atoms with Gasteiger partial charge in [-0.15, -0.1) is 0 Å². The van der Waals surface area contributed by atoms with Crippen molar-refractivity contribution in [2.24, 2.45) is 5.16 Å². The molecule has 0 radical (unpaired) electrons. The van der Waals surface area contributed by atoms with Crippen LogP contribution in [0.25, 0.3) is 0 Å². The zero-order valence-electron chi connectivity index (χ0n) is 7.11. The number of alkyl halides is 3. The van der Waals surface area contributed by atoms with Crippen molar-refractivity contribution < 1.29 is 18.0 Å². The smallest absolute Gasteiger partial charge is 0.386 e. The lowest BCUT2D eigenvalue weighted by Crippen LogP contribution is -2.15. The minimum atomic E-state index is -4.30. The number of nitrogens with zero attached hydrogens (tertiary/aromatic N) is 1. The summed E-state index contributed by atoms with van der Waals surface area (Å²) in [5.74, 6) is 0. The van der Waals surface area contributed by atoms with E-state index in [1.54, 1.807) is 0 Å². The van der Waals surface area contributed by atoms with Gasteiger partial charge in [0.1, 0.15) is 0 Å². The number of oxime groups is 1. The molecular formula is C7H12F3NO. The van der Waals surface area contributed by atoms with Gasteiger partial charge in [-0.05, 0) is 12.8 Å². The van der Waals surface area contributed by atoms with E-state index in [4.69, 9.17) is 0 Å². The standard InChI is InChI=1S/C7H12F3NO/c1-3-6(4-2)11-12-5-7(8,9)10/h3-5H2,1-2H3. The average Bonchev–Trinajstić information content (AvgIpc) is 1.96. The Hall–Kier alpha value is -0.740. The van der Waals surface area contributed by atoms with Crippen LogP contribution in [0.1, 0.15) is 26.7 Å². The van der Waals surface area contributed by atoms with E-state index in [1.165, 1.54) is 0 Å². The van der Waals surface area contributed by atoms with E-state index >= 15 is 0 Å². The molecule has 0 rings (SSSR count). The van der Waals surface area contributed by atoms with E-state index < -0.39 is 12.8 Å². The maximum atomic E-state index is 11.5. The van der Waals surface area contributed by atoms with Gasteiger partial charge in [0.25, 0.3) is 0 Å². The highest BCUT2D eigenvalue weighted by molar-refractivity contribution is 5.83. The van der Waals surface area contributed by atoms with Crippen molar-refractivity contribution in [1.29, 1.82) is 0 Å². The molecule has 0 amide bonds. The lowest BCUT2D eigenvalue weighted by molar-refractivity contribution is -0.173. The fraction of sp³-hybridized carbons (Fsp3) is 0.857. The third kappa shape index (κ3) is 6.00. The summed E-state index contributed by atoms with van der Waals surface area (Å²) in [6.07, 6.45) is -3.06. The monoisotopic (exact) mass is 183 g/mol. The van der Waals surface area contributed by atoms with Gasteiger partial charge in [-0.2, -0.15) is 13.2 Å². The van der Waals surface area contributed by atoms with Gasteiger partial charge in [0, 0.05) is 0 Å². The molecule has 0 aliphatic rings. The van der Waals surface area contributed by atoms with Crippen LogP contribution in [-0.4, -0.2) is 18.5 Å². The fourth-order valence-corrected chi connectivity index (χ4v) is 0.576. The van der Waals surface area contributed by atoms with E-state index in [0.717, 1.165) is 0 Å². The highest BCUT2D eigenvalue weighted by Crippen LogP contribution is 2.14. The molecule has 0 saturated carbocycles. The number of hydrogen-bond donors (Lipinski definition) is 0. The summed E-state index contributed by atoms with van der Waals surface area (Å²) in [5, 5.41) is 3.34. The Morgan fingerprint density at radius 1 is 1.25 bits per heavy atom. The summed E-state index contributed by atoms with van der Waals surface area (Å²) < 4.78 is 34.6. The molecule has 0 aliphatic carbocycles. The van der Waals surface area contributed by atoms with Gasteiger partial charge in [-0.25, -0.2) is 0 Å². The molecule has 0 saturated heterocycles. The minimum absolute atomic E-state index is 0.619. The van der Waals surface area contributed by atoms with E-state index in [1.807, 2.05) is 13.8 Å². The summed E-state index contributed by atoms with van der Waals surface area (Å²) in [7, 11) is 0. The molecule has 12 heavy (non-hydrogen) atoms. The van der Waals surface area contributed by atoms with E-state index in [0.29, 0.717) is 18.6 Å². The van der Waals surface area contributed by atoms with Crippen LogP contribution < -0.4 is 0 Å². The lowest BCUT2D eigenvalue weighted by atomic mass is 10.2. The van der Waals surface area contributed by atoms with Gasteiger partial charge in [-0.3, -0.25) is 0 Å². The SMILES string of the molecule is CCC(CC)=NOCC(F)(F)F. The number of hydrogen-bond acceptors (Lipinski definition) is 2. The van der Waals surface area contributed by atoms with Crippen molar-refractivity contribution in [3.05, 3.63) is 0 Å². The Balaban J connectivity index is 3.72. The second-order valence-corrected chi connectivity index (χ2v) is 2.25. The Labute approximate surface area is 69.4 Å². The summed E-state index contributed by atoms with van der Waals surface area (Å²) in [6, 6.07) is 0. The molecular weight excluding hydrogens is 171 g/mol. The van der Waals surface area contributed by atoms with Crippen LogP contribution in [0.4, 0.5) is 13.2 Å². The first-order chi connectivity index (χ1) is 5.49. The third-order valence-corrected chi connectivity index (χ3v) is 1.24. The molecule has 0 heterocycles.